The van der Waals surface area contributed by atoms with Crippen LogP contribution in [-0.2, 0) is 0 Å². The number of hydrogen-bond donors (Lipinski definition) is 1. The van der Waals surface area contributed by atoms with Gasteiger partial charge >= 0.3 is 6.03 Å². The van der Waals surface area contributed by atoms with E-state index in [1.54, 1.807) is 43.3 Å². The van der Waals surface area contributed by atoms with Gasteiger partial charge in [0.1, 0.15) is 5.75 Å². The fourth-order valence-corrected chi connectivity index (χ4v) is 1.80. The van der Waals surface area contributed by atoms with Crippen LogP contribution in [0.1, 0.15) is 0 Å². The lowest BCUT2D eigenvalue weighted by molar-refractivity contribution is 0.253. The lowest BCUT2D eigenvalue weighted by Crippen LogP contribution is -2.38. The van der Waals surface area contributed by atoms with E-state index in [1.165, 1.54) is 4.90 Å². The minimum Gasteiger partial charge on any atom is -0.508 e. The molecule has 4 nitrogen and oxygen atoms in total. The van der Waals surface area contributed by atoms with Gasteiger partial charge in [-0.05, 0) is 24.3 Å². The first-order valence-corrected chi connectivity index (χ1v) is 5.95. The van der Waals surface area contributed by atoms with E-state index in [2.05, 4.69) is 0 Å². The molecule has 0 radical (unpaired) electrons. The van der Waals surface area contributed by atoms with Crippen LogP contribution in [0.15, 0.2) is 54.6 Å². The van der Waals surface area contributed by atoms with Gasteiger partial charge in [-0.3, -0.25) is 9.80 Å². The third-order valence-electron chi connectivity index (χ3n) is 2.93. The number of carbonyl (C=O) groups is 1. The van der Waals surface area contributed by atoms with Crippen LogP contribution in [0.2, 0.25) is 0 Å². The maximum atomic E-state index is 12.3. The van der Waals surface area contributed by atoms with Gasteiger partial charge in [0.25, 0.3) is 0 Å². The van der Waals surface area contributed by atoms with Crippen LogP contribution in [0, 0.1) is 0 Å². The number of rotatable bonds is 2. The van der Waals surface area contributed by atoms with Gasteiger partial charge < -0.3 is 5.11 Å². The van der Waals surface area contributed by atoms with E-state index in [0.717, 1.165) is 5.69 Å². The lowest BCUT2D eigenvalue weighted by Gasteiger charge is -2.25. The summed E-state index contributed by atoms with van der Waals surface area (Å²) in [5.74, 6) is 0.138. The van der Waals surface area contributed by atoms with Gasteiger partial charge in [-0.25, -0.2) is 4.79 Å². The Balaban J connectivity index is 2.20. The quantitative estimate of drug-likeness (QED) is 0.897. The third kappa shape index (κ3) is 2.85. The van der Waals surface area contributed by atoms with Gasteiger partial charge in [-0.1, -0.05) is 24.3 Å². The van der Waals surface area contributed by atoms with Crippen LogP contribution in [0.3, 0.4) is 0 Å². The molecule has 0 atom stereocenters. The molecule has 19 heavy (non-hydrogen) atoms. The molecule has 2 aromatic rings. The maximum absolute atomic E-state index is 12.3. The first-order chi connectivity index (χ1) is 9.09. The van der Waals surface area contributed by atoms with Crippen LogP contribution >= 0.6 is 0 Å². The van der Waals surface area contributed by atoms with Crippen molar-refractivity contribution in [2.75, 3.05) is 23.9 Å². The van der Waals surface area contributed by atoms with Gasteiger partial charge in [-0.2, -0.15) is 0 Å². The number of nitrogens with zero attached hydrogens (tertiary/aromatic N) is 2. The Labute approximate surface area is 112 Å². The summed E-state index contributed by atoms with van der Waals surface area (Å²) in [6.07, 6.45) is 0. The molecule has 4 heteroatoms. The molecule has 0 aliphatic heterocycles. The number of amides is 2. The zero-order chi connectivity index (χ0) is 13.8. The number of para-hydroxylation sites is 1. The highest BCUT2D eigenvalue weighted by atomic mass is 16.3. The summed E-state index contributed by atoms with van der Waals surface area (Å²) in [4.78, 5) is 15.4. The van der Waals surface area contributed by atoms with E-state index in [-0.39, 0.29) is 11.8 Å². The number of urea groups is 1. The second kappa shape index (κ2) is 5.44. The van der Waals surface area contributed by atoms with Crippen molar-refractivity contribution < 1.29 is 9.90 Å². The summed E-state index contributed by atoms with van der Waals surface area (Å²) < 4.78 is 0. The average Bonchev–Trinajstić information content (AvgIpc) is 2.46. The third-order valence-corrected chi connectivity index (χ3v) is 2.93. The minimum atomic E-state index is -0.170. The molecule has 0 unspecified atom stereocenters. The van der Waals surface area contributed by atoms with Crippen molar-refractivity contribution in [1.82, 2.24) is 0 Å². The van der Waals surface area contributed by atoms with Crippen molar-refractivity contribution in [3.8, 4) is 5.75 Å². The van der Waals surface area contributed by atoms with Gasteiger partial charge in [0.05, 0.1) is 0 Å². The van der Waals surface area contributed by atoms with E-state index < -0.39 is 0 Å². The van der Waals surface area contributed by atoms with Crippen LogP contribution in [0.4, 0.5) is 16.2 Å². The van der Waals surface area contributed by atoms with Gasteiger partial charge in [0, 0.05) is 31.5 Å². The number of carbonyl (C=O) groups excluding carboxylic acids is 1. The van der Waals surface area contributed by atoms with Gasteiger partial charge in [-0.15, -0.1) is 0 Å². The molecule has 2 amide bonds. The van der Waals surface area contributed by atoms with Crippen molar-refractivity contribution in [2.45, 2.75) is 0 Å². The van der Waals surface area contributed by atoms with Crippen molar-refractivity contribution in [2.24, 2.45) is 0 Å². The largest absolute Gasteiger partial charge is 0.508 e. The maximum Gasteiger partial charge on any atom is 0.328 e. The van der Waals surface area contributed by atoms with Crippen LogP contribution in [-0.4, -0.2) is 25.2 Å². The average molecular weight is 256 g/mol. The Bertz CT molecular complexity index is 569. The van der Waals surface area contributed by atoms with E-state index in [1.807, 2.05) is 30.3 Å². The number of anilines is 2. The Morgan fingerprint density at radius 3 is 2.11 bits per heavy atom. The highest BCUT2D eigenvalue weighted by molar-refractivity contribution is 6.02. The number of hydrogen-bond acceptors (Lipinski definition) is 2. The molecular formula is C15H16N2O2. The number of aromatic hydroxyl groups is 1. The van der Waals surface area contributed by atoms with Crippen LogP contribution in [0.5, 0.6) is 5.75 Å². The normalized spacial score (nSPS) is 10.0. The smallest absolute Gasteiger partial charge is 0.328 e. The predicted molar refractivity (Wildman–Crippen MR) is 76.8 cm³/mol. The van der Waals surface area contributed by atoms with Crippen LogP contribution in [0.25, 0.3) is 0 Å². The standard InChI is InChI=1S/C15H16N2O2/c1-16(12-7-4-3-5-8-12)15(19)17(2)13-9-6-10-14(18)11-13/h3-11,18H,1-2H3. The summed E-state index contributed by atoms with van der Waals surface area (Å²) in [5, 5.41) is 9.45. The Hall–Kier alpha value is -2.49. The summed E-state index contributed by atoms with van der Waals surface area (Å²) in [6.45, 7) is 0. The molecule has 0 aromatic heterocycles. The Kier molecular flexibility index (Phi) is 3.71. The van der Waals surface area contributed by atoms with E-state index in [0.29, 0.717) is 5.69 Å². The molecule has 1 N–H and O–H groups in total. The highest BCUT2D eigenvalue weighted by Crippen LogP contribution is 2.21. The lowest BCUT2D eigenvalue weighted by atomic mass is 10.3. The molecule has 0 saturated heterocycles. The molecule has 2 aromatic carbocycles. The summed E-state index contributed by atoms with van der Waals surface area (Å²) in [5.41, 5.74) is 1.47. The summed E-state index contributed by atoms with van der Waals surface area (Å²) in [7, 11) is 3.40. The first-order valence-electron chi connectivity index (χ1n) is 5.95. The van der Waals surface area contributed by atoms with Crippen molar-refractivity contribution in [3.63, 3.8) is 0 Å². The number of benzene rings is 2. The molecule has 0 aliphatic rings. The van der Waals surface area contributed by atoms with Crippen molar-refractivity contribution in [1.29, 1.82) is 0 Å². The minimum absolute atomic E-state index is 0.138. The van der Waals surface area contributed by atoms with E-state index >= 15 is 0 Å². The van der Waals surface area contributed by atoms with Gasteiger partial charge in [0.2, 0.25) is 0 Å². The molecule has 0 spiro atoms. The molecule has 0 saturated carbocycles. The zero-order valence-electron chi connectivity index (χ0n) is 10.9. The van der Waals surface area contributed by atoms with Crippen molar-refractivity contribution in [3.05, 3.63) is 54.6 Å². The van der Waals surface area contributed by atoms with E-state index in [9.17, 15) is 9.90 Å². The van der Waals surface area contributed by atoms with Gasteiger partial charge in [0.15, 0.2) is 0 Å². The SMILES string of the molecule is CN(C(=O)N(C)c1cccc(O)c1)c1ccccc1. The molecule has 2 rings (SSSR count). The molecular weight excluding hydrogens is 240 g/mol. The Morgan fingerprint density at radius 1 is 0.895 bits per heavy atom. The second-order valence-electron chi connectivity index (χ2n) is 4.26. The number of phenolic OH excluding ortho intramolecular Hbond substituents is 1. The highest BCUT2D eigenvalue weighted by Gasteiger charge is 2.17. The van der Waals surface area contributed by atoms with E-state index in [4.69, 9.17) is 0 Å². The fraction of sp³-hybridized carbons (Fsp3) is 0.133. The summed E-state index contributed by atoms with van der Waals surface area (Å²) >= 11 is 0. The summed E-state index contributed by atoms with van der Waals surface area (Å²) in [6, 6.07) is 15.8. The molecule has 0 aliphatic carbocycles. The first kappa shape index (κ1) is 13.0. The number of phenols is 1. The fourth-order valence-electron chi connectivity index (χ4n) is 1.80. The molecule has 0 bridgehead atoms. The van der Waals surface area contributed by atoms with Crippen LogP contribution < -0.4 is 9.80 Å². The monoisotopic (exact) mass is 256 g/mol. The topological polar surface area (TPSA) is 43.8 Å². The molecule has 0 fully saturated rings. The Morgan fingerprint density at radius 2 is 1.47 bits per heavy atom. The molecule has 98 valence electrons. The molecule has 0 heterocycles. The second-order valence-corrected chi connectivity index (χ2v) is 4.26. The van der Waals surface area contributed by atoms with Crippen molar-refractivity contribution >= 4 is 17.4 Å². The zero-order valence-corrected chi connectivity index (χ0v) is 10.9. The predicted octanol–water partition coefficient (Wildman–Crippen LogP) is 3.08.